The SMILES string of the molecule is COCC(=O)N1CCCN(C(=O)Cn2cnc3ccsc3c2=O)CC1. The summed E-state index contributed by atoms with van der Waals surface area (Å²) in [6.07, 6.45) is 2.12. The molecule has 0 unspecified atom stereocenters. The van der Waals surface area contributed by atoms with Crippen LogP contribution in [0.1, 0.15) is 6.42 Å². The summed E-state index contributed by atoms with van der Waals surface area (Å²) < 4.78 is 6.78. The standard InChI is InChI=1S/C16H20N4O4S/c1-24-10-14(22)19-5-2-4-18(6-7-19)13(21)9-20-11-17-12-3-8-25-15(12)16(20)23/h3,8,11H,2,4-7,9-10H2,1H3. The summed E-state index contributed by atoms with van der Waals surface area (Å²) in [5, 5.41) is 1.81. The fraction of sp³-hybridized carbons (Fsp3) is 0.500. The maximum Gasteiger partial charge on any atom is 0.271 e. The predicted molar refractivity (Wildman–Crippen MR) is 93.5 cm³/mol. The molecular weight excluding hydrogens is 344 g/mol. The number of carbonyl (C=O) groups is 2. The maximum absolute atomic E-state index is 12.6. The van der Waals surface area contributed by atoms with Crippen LogP contribution in [0, 0.1) is 0 Å². The Balaban J connectivity index is 1.65. The molecule has 1 saturated heterocycles. The minimum atomic E-state index is -0.194. The Labute approximate surface area is 148 Å². The number of hydrogen-bond acceptors (Lipinski definition) is 6. The molecule has 0 spiro atoms. The van der Waals surface area contributed by atoms with Crippen molar-refractivity contribution in [3.05, 3.63) is 28.1 Å². The van der Waals surface area contributed by atoms with Gasteiger partial charge in [0.2, 0.25) is 11.8 Å². The normalized spacial score (nSPS) is 15.4. The molecule has 3 heterocycles. The van der Waals surface area contributed by atoms with Gasteiger partial charge < -0.3 is 14.5 Å². The van der Waals surface area contributed by atoms with Gasteiger partial charge in [0.25, 0.3) is 5.56 Å². The Morgan fingerprint density at radius 1 is 1.20 bits per heavy atom. The van der Waals surface area contributed by atoms with Crippen LogP contribution in [0.5, 0.6) is 0 Å². The van der Waals surface area contributed by atoms with Crippen molar-refractivity contribution in [2.24, 2.45) is 0 Å². The molecule has 2 aromatic rings. The minimum absolute atomic E-state index is 0.0360. The number of nitrogens with zero attached hydrogens (tertiary/aromatic N) is 4. The summed E-state index contributed by atoms with van der Waals surface area (Å²) in [4.78, 5) is 44.5. The molecule has 3 rings (SSSR count). The number of aromatic nitrogens is 2. The maximum atomic E-state index is 12.6. The van der Waals surface area contributed by atoms with E-state index in [-0.39, 0.29) is 30.5 Å². The summed E-state index contributed by atoms with van der Waals surface area (Å²) in [5.74, 6) is -0.207. The molecule has 0 radical (unpaired) electrons. The number of hydrogen-bond donors (Lipinski definition) is 0. The third kappa shape index (κ3) is 3.88. The summed E-state index contributed by atoms with van der Waals surface area (Å²) in [6, 6.07) is 1.79. The molecule has 1 aliphatic heterocycles. The van der Waals surface area contributed by atoms with Crippen LogP contribution in [0.3, 0.4) is 0 Å². The molecule has 8 nitrogen and oxygen atoms in total. The van der Waals surface area contributed by atoms with E-state index in [1.54, 1.807) is 15.9 Å². The van der Waals surface area contributed by atoms with Crippen molar-refractivity contribution in [3.63, 3.8) is 0 Å². The highest BCUT2D eigenvalue weighted by atomic mass is 32.1. The fourth-order valence-electron chi connectivity index (χ4n) is 2.87. The van der Waals surface area contributed by atoms with Crippen molar-refractivity contribution in [1.29, 1.82) is 0 Å². The predicted octanol–water partition coefficient (Wildman–Crippen LogP) is 0.165. The van der Waals surface area contributed by atoms with Crippen LogP contribution in [0.4, 0.5) is 0 Å². The van der Waals surface area contributed by atoms with Crippen molar-refractivity contribution in [2.45, 2.75) is 13.0 Å². The van der Waals surface area contributed by atoms with E-state index in [9.17, 15) is 14.4 Å². The van der Waals surface area contributed by atoms with E-state index in [2.05, 4.69) is 4.98 Å². The molecule has 2 amide bonds. The molecule has 9 heteroatoms. The van der Waals surface area contributed by atoms with Crippen LogP contribution >= 0.6 is 11.3 Å². The third-order valence-electron chi connectivity index (χ3n) is 4.21. The van der Waals surface area contributed by atoms with Crippen molar-refractivity contribution in [1.82, 2.24) is 19.4 Å². The Morgan fingerprint density at radius 3 is 2.64 bits per heavy atom. The number of ether oxygens (including phenoxy) is 1. The first-order chi connectivity index (χ1) is 12.1. The van der Waals surface area contributed by atoms with Crippen molar-refractivity contribution >= 4 is 33.4 Å². The second-order valence-electron chi connectivity index (χ2n) is 5.86. The highest BCUT2D eigenvalue weighted by Gasteiger charge is 2.22. The molecule has 134 valence electrons. The van der Waals surface area contributed by atoms with Gasteiger partial charge in [0.15, 0.2) is 0 Å². The molecule has 0 aliphatic carbocycles. The summed E-state index contributed by atoms with van der Waals surface area (Å²) in [6.45, 7) is 2.12. The fourth-order valence-corrected chi connectivity index (χ4v) is 3.66. The highest BCUT2D eigenvalue weighted by Crippen LogP contribution is 2.13. The lowest BCUT2D eigenvalue weighted by Gasteiger charge is -2.22. The largest absolute Gasteiger partial charge is 0.375 e. The summed E-state index contributed by atoms with van der Waals surface area (Å²) >= 11 is 1.33. The zero-order valence-electron chi connectivity index (χ0n) is 14.0. The molecule has 0 saturated carbocycles. The van der Waals surface area contributed by atoms with Crippen molar-refractivity contribution in [2.75, 3.05) is 39.9 Å². The Kier molecular flexibility index (Phi) is 5.44. The Hall–Kier alpha value is -2.26. The van der Waals surface area contributed by atoms with Gasteiger partial charge in [-0.15, -0.1) is 11.3 Å². The number of rotatable bonds is 4. The Morgan fingerprint density at radius 2 is 1.92 bits per heavy atom. The third-order valence-corrected chi connectivity index (χ3v) is 5.10. The molecule has 2 aromatic heterocycles. The molecular formula is C16H20N4O4S. The summed E-state index contributed by atoms with van der Waals surface area (Å²) in [5.41, 5.74) is 0.459. The second-order valence-corrected chi connectivity index (χ2v) is 6.78. The van der Waals surface area contributed by atoms with E-state index in [0.29, 0.717) is 42.8 Å². The monoisotopic (exact) mass is 364 g/mol. The number of amides is 2. The van der Waals surface area contributed by atoms with Gasteiger partial charge in [0.1, 0.15) is 17.9 Å². The van der Waals surface area contributed by atoms with Crippen LogP contribution in [-0.2, 0) is 20.9 Å². The van der Waals surface area contributed by atoms with E-state index in [0.717, 1.165) is 0 Å². The highest BCUT2D eigenvalue weighted by molar-refractivity contribution is 7.17. The average molecular weight is 364 g/mol. The van der Waals surface area contributed by atoms with E-state index < -0.39 is 0 Å². The first-order valence-electron chi connectivity index (χ1n) is 8.07. The smallest absolute Gasteiger partial charge is 0.271 e. The van der Waals surface area contributed by atoms with Crippen LogP contribution < -0.4 is 5.56 Å². The lowest BCUT2D eigenvalue weighted by atomic mass is 10.3. The van der Waals surface area contributed by atoms with Crippen molar-refractivity contribution in [3.8, 4) is 0 Å². The minimum Gasteiger partial charge on any atom is -0.375 e. The van der Waals surface area contributed by atoms with E-state index in [4.69, 9.17) is 4.74 Å². The number of fused-ring (bicyclic) bond motifs is 1. The number of thiophene rings is 1. The van der Waals surface area contributed by atoms with Gasteiger partial charge in [-0.1, -0.05) is 0 Å². The average Bonchev–Trinajstić information content (AvgIpc) is 2.94. The van der Waals surface area contributed by atoms with Gasteiger partial charge in [-0.3, -0.25) is 19.0 Å². The summed E-state index contributed by atoms with van der Waals surface area (Å²) in [7, 11) is 1.49. The quantitative estimate of drug-likeness (QED) is 0.772. The van der Waals surface area contributed by atoms with Gasteiger partial charge in [-0.05, 0) is 17.9 Å². The number of carbonyl (C=O) groups excluding carboxylic acids is 2. The molecule has 0 atom stereocenters. The van der Waals surface area contributed by atoms with Crippen molar-refractivity contribution < 1.29 is 14.3 Å². The molecule has 1 aliphatic rings. The van der Waals surface area contributed by atoms with Gasteiger partial charge >= 0.3 is 0 Å². The Bertz CT molecular complexity index is 831. The molecule has 0 N–H and O–H groups in total. The van der Waals surface area contributed by atoms with Gasteiger partial charge in [-0.25, -0.2) is 4.98 Å². The van der Waals surface area contributed by atoms with Gasteiger partial charge in [0, 0.05) is 33.3 Å². The van der Waals surface area contributed by atoms with Crippen LogP contribution in [0.2, 0.25) is 0 Å². The zero-order valence-corrected chi connectivity index (χ0v) is 14.8. The lowest BCUT2D eigenvalue weighted by molar-refractivity contribution is -0.136. The van der Waals surface area contributed by atoms with E-state index in [1.165, 1.54) is 29.3 Å². The zero-order chi connectivity index (χ0) is 17.8. The van der Waals surface area contributed by atoms with Crippen LogP contribution in [0.25, 0.3) is 10.2 Å². The molecule has 1 fully saturated rings. The lowest BCUT2D eigenvalue weighted by Crippen LogP contribution is -2.40. The van der Waals surface area contributed by atoms with E-state index in [1.807, 2.05) is 5.38 Å². The van der Waals surface area contributed by atoms with Crippen LogP contribution in [0.15, 0.2) is 22.6 Å². The molecule has 25 heavy (non-hydrogen) atoms. The topological polar surface area (TPSA) is 84.7 Å². The van der Waals surface area contributed by atoms with Gasteiger partial charge in [0.05, 0.1) is 11.8 Å². The second kappa shape index (κ2) is 7.75. The molecule has 0 aromatic carbocycles. The first-order valence-corrected chi connectivity index (χ1v) is 8.95. The van der Waals surface area contributed by atoms with Crippen LogP contribution in [-0.4, -0.2) is 71.1 Å². The van der Waals surface area contributed by atoms with E-state index >= 15 is 0 Å². The first kappa shape index (κ1) is 17.6. The number of methoxy groups -OCH3 is 1. The molecule has 0 bridgehead atoms. The van der Waals surface area contributed by atoms with Gasteiger partial charge in [-0.2, -0.15) is 0 Å².